The summed E-state index contributed by atoms with van der Waals surface area (Å²) in [5.74, 6) is -1.12. The standard InChI is InChI=1S/C18H18FNO4/c1-23-17(21)16(11-14-9-5-6-10-15(14)19)20-18(22)24-12-13-7-3-2-4-8-13/h2-10,16H,11-12H2,1H3,(H,20,22). The summed E-state index contributed by atoms with van der Waals surface area (Å²) in [6.07, 6.45) is -0.801. The van der Waals surface area contributed by atoms with Crippen LogP contribution in [0.25, 0.3) is 0 Å². The average molecular weight is 331 g/mol. The van der Waals surface area contributed by atoms with Crippen molar-refractivity contribution in [2.24, 2.45) is 0 Å². The Bertz CT molecular complexity index is 690. The number of hydrogen-bond acceptors (Lipinski definition) is 4. The first-order valence-corrected chi connectivity index (χ1v) is 7.38. The van der Waals surface area contributed by atoms with Gasteiger partial charge in [-0.3, -0.25) is 0 Å². The summed E-state index contributed by atoms with van der Waals surface area (Å²) >= 11 is 0. The van der Waals surface area contributed by atoms with E-state index in [1.54, 1.807) is 18.2 Å². The molecule has 0 saturated carbocycles. The van der Waals surface area contributed by atoms with E-state index in [1.807, 2.05) is 30.3 Å². The van der Waals surface area contributed by atoms with Crippen molar-refractivity contribution in [3.05, 3.63) is 71.5 Å². The van der Waals surface area contributed by atoms with Gasteiger partial charge in [-0.2, -0.15) is 0 Å². The van der Waals surface area contributed by atoms with Crippen LogP contribution in [0.3, 0.4) is 0 Å². The van der Waals surface area contributed by atoms with Crippen molar-refractivity contribution in [2.75, 3.05) is 7.11 Å². The summed E-state index contributed by atoms with van der Waals surface area (Å²) in [5.41, 5.74) is 1.12. The van der Waals surface area contributed by atoms with Gasteiger partial charge in [-0.05, 0) is 17.2 Å². The number of nitrogens with one attached hydrogen (secondary N) is 1. The Kier molecular flexibility index (Phi) is 6.31. The van der Waals surface area contributed by atoms with Gasteiger partial charge in [-0.25, -0.2) is 14.0 Å². The first-order chi connectivity index (χ1) is 11.6. The van der Waals surface area contributed by atoms with E-state index in [0.717, 1.165) is 5.56 Å². The number of rotatable bonds is 6. The largest absolute Gasteiger partial charge is 0.467 e. The van der Waals surface area contributed by atoms with E-state index in [0.29, 0.717) is 5.56 Å². The Balaban J connectivity index is 1.97. The van der Waals surface area contributed by atoms with E-state index in [-0.39, 0.29) is 13.0 Å². The minimum atomic E-state index is -1.03. The van der Waals surface area contributed by atoms with Crippen LogP contribution in [0.4, 0.5) is 9.18 Å². The molecule has 24 heavy (non-hydrogen) atoms. The predicted molar refractivity (Wildman–Crippen MR) is 85.7 cm³/mol. The van der Waals surface area contributed by atoms with Gasteiger partial charge in [0.05, 0.1) is 7.11 Å². The molecule has 126 valence electrons. The molecule has 0 saturated heterocycles. The number of alkyl carbamates (subject to hydrolysis) is 1. The fraction of sp³-hybridized carbons (Fsp3) is 0.222. The lowest BCUT2D eigenvalue weighted by Gasteiger charge is -2.17. The van der Waals surface area contributed by atoms with Crippen LogP contribution >= 0.6 is 0 Å². The maximum atomic E-state index is 13.7. The molecule has 2 aromatic carbocycles. The summed E-state index contributed by atoms with van der Waals surface area (Å²) in [4.78, 5) is 23.7. The number of esters is 1. The quantitative estimate of drug-likeness (QED) is 0.827. The van der Waals surface area contributed by atoms with Crippen molar-refractivity contribution >= 4 is 12.1 Å². The summed E-state index contributed by atoms with van der Waals surface area (Å²) < 4.78 is 23.5. The molecule has 0 radical (unpaired) electrons. The fourth-order valence-corrected chi connectivity index (χ4v) is 2.13. The molecule has 0 aromatic heterocycles. The van der Waals surface area contributed by atoms with Crippen molar-refractivity contribution in [2.45, 2.75) is 19.1 Å². The molecule has 2 rings (SSSR count). The molecule has 0 spiro atoms. The van der Waals surface area contributed by atoms with Crippen LogP contribution in [-0.4, -0.2) is 25.2 Å². The van der Waals surface area contributed by atoms with Crippen LogP contribution in [0.2, 0.25) is 0 Å². The molecule has 0 aliphatic rings. The SMILES string of the molecule is COC(=O)C(Cc1ccccc1F)NC(=O)OCc1ccccc1. The van der Waals surface area contributed by atoms with Gasteiger partial charge < -0.3 is 14.8 Å². The molecule has 6 heteroatoms. The Hall–Kier alpha value is -2.89. The Labute approximate surface area is 139 Å². The van der Waals surface area contributed by atoms with Crippen LogP contribution < -0.4 is 5.32 Å². The molecular weight excluding hydrogens is 313 g/mol. The van der Waals surface area contributed by atoms with E-state index >= 15 is 0 Å². The van der Waals surface area contributed by atoms with Crippen LogP contribution in [-0.2, 0) is 27.3 Å². The predicted octanol–water partition coefficient (Wildman–Crippen LogP) is 2.84. The lowest BCUT2D eigenvalue weighted by atomic mass is 10.1. The first-order valence-electron chi connectivity index (χ1n) is 7.38. The molecule has 1 atom stereocenters. The molecular formula is C18H18FNO4. The molecule has 1 N–H and O–H groups in total. The maximum Gasteiger partial charge on any atom is 0.408 e. The van der Waals surface area contributed by atoms with Crippen molar-refractivity contribution < 1.29 is 23.5 Å². The third-order valence-electron chi connectivity index (χ3n) is 3.37. The van der Waals surface area contributed by atoms with Gasteiger partial charge in [-0.1, -0.05) is 48.5 Å². The van der Waals surface area contributed by atoms with E-state index in [2.05, 4.69) is 10.1 Å². The highest BCUT2D eigenvalue weighted by molar-refractivity contribution is 5.81. The fourth-order valence-electron chi connectivity index (χ4n) is 2.13. The molecule has 5 nitrogen and oxygen atoms in total. The van der Waals surface area contributed by atoms with Crippen molar-refractivity contribution in [1.29, 1.82) is 0 Å². The number of benzene rings is 2. The van der Waals surface area contributed by atoms with E-state index in [9.17, 15) is 14.0 Å². The number of carbonyl (C=O) groups excluding carboxylic acids is 2. The Morgan fingerprint density at radius 1 is 1.08 bits per heavy atom. The third kappa shape index (κ3) is 5.08. The molecule has 0 aliphatic heterocycles. The number of halogens is 1. The highest BCUT2D eigenvalue weighted by atomic mass is 19.1. The van der Waals surface area contributed by atoms with Gasteiger partial charge in [0.1, 0.15) is 18.5 Å². The maximum absolute atomic E-state index is 13.7. The van der Waals surface area contributed by atoms with Gasteiger partial charge in [-0.15, -0.1) is 0 Å². The molecule has 2 aromatic rings. The highest BCUT2D eigenvalue weighted by Crippen LogP contribution is 2.10. The number of methoxy groups -OCH3 is 1. The smallest absolute Gasteiger partial charge is 0.408 e. The minimum Gasteiger partial charge on any atom is -0.467 e. The molecule has 0 heterocycles. The van der Waals surface area contributed by atoms with Gasteiger partial charge in [0.2, 0.25) is 0 Å². The van der Waals surface area contributed by atoms with Crippen molar-refractivity contribution in [1.82, 2.24) is 5.32 Å². The topological polar surface area (TPSA) is 64.6 Å². The summed E-state index contributed by atoms with van der Waals surface area (Å²) in [5, 5.41) is 2.41. The summed E-state index contributed by atoms with van der Waals surface area (Å²) in [6, 6.07) is 14.1. The number of hydrogen-bond donors (Lipinski definition) is 1. The zero-order chi connectivity index (χ0) is 17.4. The number of carbonyl (C=O) groups is 2. The average Bonchev–Trinajstić information content (AvgIpc) is 2.61. The minimum absolute atomic E-state index is 0.0280. The van der Waals surface area contributed by atoms with Gasteiger partial charge >= 0.3 is 12.1 Å². The molecule has 0 bridgehead atoms. The van der Waals surface area contributed by atoms with Crippen LogP contribution in [0.15, 0.2) is 54.6 Å². The van der Waals surface area contributed by atoms with Crippen molar-refractivity contribution in [3.63, 3.8) is 0 Å². The zero-order valence-electron chi connectivity index (χ0n) is 13.2. The van der Waals surface area contributed by atoms with Crippen LogP contribution in [0.5, 0.6) is 0 Å². The second-order valence-corrected chi connectivity index (χ2v) is 5.08. The lowest BCUT2D eigenvalue weighted by molar-refractivity contribution is -0.143. The lowest BCUT2D eigenvalue weighted by Crippen LogP contribution is -2.43. The highest BCUT2D eigenvalue weighted by Gasteiger charge is 2.23. The molecule has 1 unspecified atom stereocenters. The van der Waals surface area contributed by atoms with Crippen molar-refractivity contribution in [3.8, 4) is 0 Å². The second kappa shape index (κ2) is 8.67. The number of ether oxygens (including phenoxy) is 2. The van der Waals surface area contributed by atoms with E-state index in [4.69, 9.17) is 4.74 Å². The van der Waals surface area contributed by atoms with Crippen LogP contribution in [0.1, 0.15) is 11.1 Å². The summed E-state index contributed by atoms with van der Waals surface area (Å²) in [7, 11) is 1.20. The molecule has 0 aliphatic carbocycles. The van der Waals surface area contributed by atoms with E-state index in [1.165, 1.54) is 13.2 Å². The normalized spacial score (nSPS) is 11.4. The van der Waals surface area contributed by atoms with Gasteiger partial charge in [0.15, 0.2) is 0 Å². The van der Waals surface area contributed by atoms with Gasteiger partial charge in [0, 0.05) is 6.42 Å². The monoisotopic (exact) mass is 331 g/mol. The van der Waals surface area contributed by atoms with Gasteiger partial charge in [0.25, 0.3) is 0 Å². The Morgan fingerprint density at radius 2 is 1.75 bits per heavy atom. The number of amides is 1. The van der Waals surface area contributed by atoms with Crippen LogP contribution in [0, 0.1) is 5.82 Å². The molecule has 0 fully saturated rings. The second-order valence-electron chi connectivity index (χ2n) is 5.08. The zero-order valence-corrected chi connectivity index (χ0v) is 13.2. The molecule has 1 amide bonds. The first kappa shape index (κ1) is 17.5. The van der Waals surface area contributed by atoms with E-state index < -0.39 is 23.9 Å². The third-order valence-corrected chi connectivity index (χ3v) is 3.37. The Morgan fingerprint density at radius 3 is 2.42 bits per heavy atom. The summed E-state index contributed by atoms with van der Waals surface area (Å²) in [6.45, 7) is 0.0697.